The van der Waals surface area contributed by atoms with Gasteiger partial charge in [0.1, 0.15) is 11.6 Å². The molecule has 1 aliphatic carbocycles. The summed E-state index contributed by atoms with van der Waals surface area (Å²) in [5.41, 5.74) is -0.800. The fourth-order valence-electron chi connectivity index (χ4n) is 1.54. The van der Waals surface area contributed by atoms with Gasteiger partial charge >= 0.3 is 0 Å². The Labute approximate surface area is 85.5 Å². The highest BCUT2D eigenvalue weighted by molar-refractivity contribution is 6.32. The Bertz CT molecular complexity index is 434. The zero-order valence-electron chi connectivity index (χ0n) is 7.22. The van der Waals surface area contributed by atoms with Gasteiger partial charge in [-0.25, -0.2) is 4.39 Å². The smallest absolute Gasteiger partial charge is 0.141 e. The van der Waals surface area contributed by atoms with Gasteiger partial charge in [-0.3, -0.25) is 0 Å². The molecule has 0 amide bonds. The Hall–Kier alpha value is -1.27. The maximum atomic E-state index is 13.4. The zero-order chi connectivity index (χ0) is 10.3. The third kappa shape index (κ3) is 1.15. The highest BCUT2D eigenvalue weighted by Gasteiger charge is 2.49. The fourth-order valence-corrected chi connectivity index (χ4v) is 1.70. The van der Waals surface area contributed by atoms with Crippen LogP contribution in [0.2, 0.25) is 5.02 Å². The van der Waals surface area contributed by atoms with Crippen molar-refractivity contribution in [3.8, 4) is 11.8 Å². The van der Waals surface area contributed by atoms with Crippen molar-refractivity contribution in [2.24, 2.45) is 0 Å². The average Bonchev–Trinajstić information content (AvgIpc) is 2.93. The van der Waals surface area contributed by atoms with Gasteiger partial charge in [-0.2, -0.15) is 5.26 Å². The van der Waals surface area contributed by atoms with E-state index in [1.807, 2.05) is 6.07 Å². The van der Waals surface area contributed by atoms with Crippen molar-refractivity contribution in [2.45, 2.75) is 18.3 Å². The van der Waals surface area contributed by atoms with E-state index < -0.39 is 11.2 Å². The van der Waals surface area contributed by atoms with Gasteiger partial charge in [-0.05, 0) is 25.0 Å². The molecular weight excluding hydrogens is 205 g/mol. The number of rotatable bonds is 1. The van der Waals surface area contributed by atoms with Crippen LogP contribution in [0.5, 0.6) is 5.75 Å². The van der Waals surface area contributed by atoms with Crippen molar-refractivity contribution in [3.63, 3.8) is 0 Å². The quantitative estimate of drug-likeness (QED) is 0.776. The lowest BCUT2D eigenvalue weighted by atomic mass is 9.96. The lowest BCUT2D eigenvalue weighted by molar-refractivity contribution is 0.454. The molecule has 2 rings (SSSR count). The normalized spacial score (nSPS) is 17.5. The van der Waals surface area contributed by atoms with Gasteiger partial charge < -0.3 is 5.11 Å². The summed E-state index contributed by atoms with van der Waals surface area (Å²) in [6.45, 7) is 0. The summed E-state index contributed by atoms with van der Waals surface area (Å²) in [6.07, 6.45) is 1.16. The third-order valence-corrected chi connectivity index (χ3v) is 2.83. The van der Waals surface area contributed by atoms with Crippen LogP contribution in [0.3, 0.4) is 0 Å². The van der Waals surface area contributed by atoms with Crippen LogP contribution < -0.4 is 0 Å². The molecule has 14 heavy (non-hydrogen) atoms. The van der Waals surface area contributed by atoms with Crippen molar-refractivity contribution in [1.82, 2.24) is 0 Å². The number of aromatic hydroxyl groups is 1. The Morgan fingerprint density at radius 2 is 2.14 bits per heavy atom. The molecule has 1 N–H and O–H groups in total. The molecule has 0 radical (unpaired) electrons. The molecule has 1 aliphatic rings. The first-order chi connectivity index (χ1) is 6.60. The summed E-state index contributed by atoms with van der Waals surface area (Å²) >= 11 is 5.65. The van der Waals surface area contributed by atoms with Crippen molar-refractivity contribution in [1.29, 1.82) is 5.26 Å². The zero-order valence-corrected chi connectivity index (χ0v) is 7.98. The van der Waals surface area contributed by atoms with E-state index in [1.165, 1.54) is 12.1 Å². The van der Waals surface area contributed by atoms with Crippen molar-refractivity contribution in [2.75, 3.05) is 0 Å². The molecule has 0 aromatic heterocycles. The highest BCUT2D eigenvalue weighted by atomic mass is 35.5. The second kappa shape index (κ2) is 2.86. The van der Waals surface area contributed by atoms with Crippen LogP contribution in [0, 0.1) is 17.1 Å². The average molecular weight is 212 g/mol. The second-order valence-electron chi connectivity index (χ2n) is 3.45. The summed E-state index contributed by atoms with van der Waals surface area (Å²) in [4.78, 5) is 0. The molecule has 1 fully saturated rings. The number of halogens is 2. The lowest BCUT2D eigenvalue weighted by Crippen LogP contribution is -2.06. The van der Waals surface area contributed by atoms with Crippen molar-refractivity contribution < 1.29 is 9.50 Å². The number of hydrogen-bond acceptors (Lipinski definition) is 2. The summed E-state index contributed by atoms with van der Waals surface area (Å²) < 4.78 is 13.4. The Morgan fingerprint density at radius 3 is 2.64 bits per heavy atom. The molecular formula is C10H7ClFNO. The Balaban J connectivity index is 2.64. The van der Waals surface area contributed by atoms with Crippen LogP contribution in [-0.2, 0) is 5.41 Å². The molecule has 0 atom stereocenters. The van der Waals surface area contributed by atoms with E-state index >= 15 is 0 Å². The van der Waals surface area contributed by atoms with E-state index in [9.17, 15) is 9.50 Å². The predicted octanol–water partition coefficient (Wildman–Crippen LogP) is 2.74. The van der Waals surface area contributed by atoms with Crippen LogP contribution in [-0.4, -0.2) is 5.11 Å². The minimum absolute atomic E-state index is 0.0486. The van der Waals surface area contributed by atoms with Crippen LogP contribution in [0.1, 0.15) is 18.4 Å². The van der Waals surface area contributed by atoms with Gasteiger partial charge in [0.25, 0.3) is 0 Å². The molecule has 1 aromatic carbocycles. The predicted molar refractivity (Wildman–Crippen MR) is 49.6 cm³/mol. The van der Waals surface area contributed by atoms with E-state index in [0.29, 0.717) is 12.8 Å². The topological polar surface area (TPSA) is 44.0 Å². The minimum atomic E-state index is -0.848. The molecule has 4 heteroatoms. The largest absolute Gasteiger partial charge is 0.506 e. The van der Waals surface area contributed by atoms with Gasteiger partial charge in [0.2, 0.25) is 0 Å². The fraction of sp³-hybridized carbons (Fsp3) is 0.300. The summed E-state index contributed by atoms with van der Waals surface area (Å²) in [7, 11) is 0. The van der Waals surface area contributed by atoms with Crippen LogP contribution in [0.25, 0.3) is 0 Å². The lowest BCUT2D eigenvalue weighted by Gasteiger charge is -2.10. The van der Waals surface area contributed by atoms with E-state index in [1.54, 1.807) is 0 Å². The first-order valence-electron chi connectivity index (χ1n) is 4.19. The molecule has 0 aliphatic heterocycles. The monoisotopic (exact) mass is 211 g/mol. The minimum Gasteiger partial charge on any atom is -0.506 e. The van der Waals surface area contributed by atoms with Crippen molar-refractivity contribution >= 4 is 11.6 Å². The van der Waals surface area contributed by atoms with Gasteiger partial charge in [0.05, 0.1) is 22.1 Å². The Kier molecular flexibility index (Phi) is 1.90. The first kappa shape index (κ1) is 9.29. The summed E-state index contributed by atoms with van der Waals surface area (Å²) in [5.74, 6) is -0.864. The molecule has 0 unspecified atom stereocenters. The van der Waals surface area contributed by atoms with E-state index in [-0.39, 0.29) is 16.3 Å². The number of phenolic OH excluding ortho intramolecular Hbond substituents is 1. The number of benzene rings is 1. The molecule has 1 saturated carbocycles. The molecule has 2 nitrogen and oxygen atoms in total. The molecule has 0 saturated heterocycles. The Morgan fingerprint density at radius 1 is 1.50 bits per heavy atom. The van der Waals surface area contributed by atoms with E-state index in [0.717, 1.165) is 0 Å². The third-order valence-electron chi connectivity index (χ3n) is 2.52. The molecule has 1 aromatic rings. The first-order valence-corrected chi connectivity index (χ1v) is 4.57. The molecule has 72 valence electrons. The number of phenols is 1. The standard InChI is InChI=1S/C10H7ClFNO/c11-6-1-2-7(12)8(9(6)14)10(5-13)3-4-10/h1-2,14H,3-4H2. The van der Waals surface area contributed by atoms with Crippen LogP contribution in [0.4, 0.5) is 4.39 Å². The number of nitrogens with zero attached hydrogens (tertiary/aromatic N) is 1. The van der Waals surface area contributed by atoms with Gasteiger partial charge in [0, 0.05) is 0 Å². The van der Waals surface area contributed by atoms with E-state index in [4.69, 9.17) is 16.9 Å². The molecule has 0 spiro atoms. The summed E-state index contributed by atoms with van der Waals surface area (Å²) in [6, 6.07) is 4.48. The van der Waals surface area contributed by atoms with Crippen LogP contribution in [0.15, 0.2) is 12.1 Å². The maximum Gasteiger partial charge on any atom is 0.141 e. The van der Waals surface area contributed by atoms with Crippen molar-refractivity contribution in [3.05, 3.63) is 28.5 Å². The summed E-state index contributed by atoms with van der Waals surface area (Å²) in [5, 5.41) is 18.5. The highest BCUT2D eigenvalue weighted by Crippen LogP contribution is 2.52. The SMILES string of the molecule is N#CC1(c2c(F)ccc(Cl)c2O)CC1. The molecule has 0 heterocycles. The maximum absolute atomic E-state index is 13.4. The van der Waals surface area contributed by atoms with E-state index in [2.05, 4.69) is 0 Å². The molecule has 0 bridgehead atoms. The van der Waals surface area contributed by atoms with Gasteiger partial charge in [-0.15, -0.1) is 0 Å². The van der Waals surface area contributed by atoms with Gasteiger partial charge in [-0.1, -0.05) is 11.6 Å². The second-order valence-corrected chi connectivity index (χ2v) is 3.85. The van der Waals surface area contributed by atoms with Crippen LogP contribution >= 0.6 is 11.6 Å². The number of nitriles is 1. The van der Waals surface area contributed by atoms with Gasteiger partial charge in [0.15, 0.2) is 0 Å². The number of hydrogen-bond donors (Lipinski definition) is 1.